The second-order valence-corrected chi connectivity index (χ2v) is 8.50. The summed E-state index contributed by atoms with van der Waals surface area (Å²) in [7, 11) is 0. The van der Waals surface area contributed by atoms with Crippen molar-refractivity contribution in [3.8, 4) is 0 Å². The number of carbonyl (C=O) groups is 1. The summed E-state index contributed by atoms with van der Waals surface area (Å²) >= 11 is 2.72. The van der Waals surface area contributed by atoms with Crippen LogP contribution in [0.2, 0.25) is 0 Å². The first-order valence-corrected chi connectivity index (χ1v) is 10.4. The maximum atomic E-state index is 12.9. The Bertz CT molecular complexity index is 822. The van der Waals surface area contributed by atoms with Gasteiger partial charge in [-0.25, -0.2) is 4.98 Å². The van der Waals surface area contributed by atoms with E-state index in [0.717, 1.165) is 42.3 Å². The molecule has 26 heavy (non-hydrogen) atoms. The van der Waals surface area contributed by atoms with Crippen LogP contribution in [0, 0.1) is 17.0 Å². The Morgan fingerprint density at radius 1 is 1.46 bits per heavy atom. The van der Waals surface area contributed by atoms with Crippen molar-refractivity contribution in [1.82, 2.24) is 9.88 Å². The number of benzene rings is 1. The monoisotopic (exact) mass is 391 g/mol. The molecule has 8 heteroatoms. The lowest BCUT2D eigenvalue weighted by Gasteiger charge is -2.35. The van der Waals surface area contributed by atoms with Crippen molar-refractivity contribution in [1.29, 1.82) is 0 Å². The van der Waals surface area contributed by atoms with Crippen LogP contribution in [-0.4, -0.2) is 33.3 Å². The van der Waals surface area contributed by atoms with E-state index in [4.69, 9.17) is 0 Å². The number of aryl methyl sites for hydroxylation is 1. The number of thiazole rings is 1. The van der Waals surface area contributed by atoms with E-state index in [-0.39, 0.29) is 17.6 Å². The lowest BCUT2D eigenvalue weighted by atomic mass is 9.99. The molecule has 0 spiro atoms. The van der Waals surface area contributed by atoms with Crippen LogP contribution in [0.5, 0.6) is 0 Å². The molecule has 138 valence electrons. The molecule has 1 fully saturated rings. The maximum Gasteiger partial charge on any atom is 0.284 e. The predicted molar refractivity (Wildman–Crippen MR) is 103 cm³/mol. The van der Waals surface area contributed by atoms with Gasteiger partial charge >= 0.3 is 0 Å². The number of rotatable bonds is 5. The van der Waals surface area contributed by atoms with Crippen molar-refractivity contribution >= 4 is 34.7 Å². The molecule has 0 N–H and O–H groups in total. The number of nitrogens with zero attached hydrogens (tertiary/aromatic N) is 3. The zero-order valence-corrected chi connectivity index (χ0v) is 16.4. The third-order valence-electron chi connectivity index (χ3n) is 4.56. The van der Waals surface area contributed by atoms with Gasteiger partial charge in [0.1, 0.15) is 0 Å². The summed E-state index contributed by atoms with van der Waals surface area (Å²) in [6.45, 7) is 4.69. The summed E-state index contributed by atoms with van der Waals surface area (Å²) in [4.78, 5) is 30.7. The first-order valence-electron chi connectivity index (χ1n) is 8.69. The number of hydrogen-bond donors (Lipinski definition) is 0. The minimum atomic E-state index is -0.424. The van der Waals surface area contributed by atoms with Crippen molar-refractivity contribution in [2.45, 2.75) is 54.8 Å². The average Bonchev–Trinajstić information content (AvgIpc) is 3.06. The molecule has 3 rings (SSSR count). The van der Waals surface area contributed by atoms with Crippen LogP contribution >= 0.6 is 23.1 Å². The molecule has 1 aromatic heterocycles. The van der Waals surface area contributed by atoms with Gasteiger partial charge in [-0.15, -0.1) is 11.3 Å². The van der Waals surface area contributed by atoms with E-state index in [9.17, 15) is 14.9 Å². The van der Waals surface area contributed by atoms with Gasteiger partial charge < -0.3 is 4.90 Å². The topological polar surface area (TPSA) is 76.3 Å². The number of nitro groups is 1. The molecule has 1 atom stereocenters. The molecule has 2 aromatic rings. The second kappa shape index (κ2) is 8.18. The van der Waals surface area contributed by atoms with E-state index >= 15 is 0 Å². The maximum absolute atomic E-state index is 12.9. The van der Waals surface area contributed by atoms with Crippen molar-refractivity contribution in [3.63, 3.8) is 0 Å². The summed E-state index contributed by atoms with van der Waals surface area (Å²) < 4.78 is 0.756. The molecular formula is C18H21N3O3S2. The van der Waals surface area contributed by atoms with E-state index < -0.39 is 4.92 Å². The molecule has 0 bridgehead atoms. The summed E-state index contributed by atoms with van der Waals surface area (Å²) in [5.41, 5.74) is 1.23. The minimum absolute atomic E-state index is 0.0428. The van der Waals surface area contributed by atoms with Gasteiger partial charge in [-0.2, -0.15) is 0 Å². The molecule has 6 nitrogen and oxygen atoms in total. The average molecular weight is 392 g/mol. The molecule has 0 saturated carbocycles. The highest BCUT2D eigenvalue weighted by Gasteiger charge is 2.28. The molecule has 1 aliphatic heterocycles. The van der Waals surface area contributed by atoms with E-state index in [1.807, 2.05) is 17.2 Å². The molecular weight excluding hydrogens is 370 g/mol. The van der Waals surface area contributed by atoms with Gasteiger partial charge in [0.2, 0.25) is 0 Å². The SMILES string of the molecule is CCC1CCCCN1C(=O)c1ccc(Sc2nc(C)cs2)c([N+](=O)[O-])c1. The van der Waals surface area contributed by atoms with E-state index in [1.165, 1.54) is 29.2 Å². The van der Waals surface area contributed by atoms with Crippen LogP contribution in [0.15, 0.2) is 32.8 Å². The summed E-state index contributed by atoms with van der Waals surface area (Å²) in [6.07, 6.45) is 4.03. The highest BCUT2D eigenvalue weighted by molar-refractivity contribution is 8.01. The number of likely N-dealkylation sites (tertiary alicyclic amines) is 1. The Labute approximate surface area is 160 Å². The molecule has 1 aromatic carbocycles. The van der Waals surface area contributed by atoms with E-state index in [2.05, 4.69) is 11.9 Å². The number of nitro benzene ring substituents is 1. The normalized spacial score (nSPS) is 17.3. The fourth-order valence-electron chi connectivity index (χ4n) is 3.21. The summed E-state index contributed by atoms with van der Waals surface area (Å²) in [6, 6.07) is 4.99. The summed E-state index contributed by atoms with van der Waals surface area (Å²) in [5.74, 6) is -0.110. The summed E-state index contributed by atoms with van der Waals surface area (Å²) in [5, 5.41) is 13.4. The van der Waals surface area contributed by atoms with Gasteiger partial charge in [-0.05, 0) is 44.7 Å². The minimum Gasteiger partial charge on any atom is -0.336 e. The lowest BCUT2D eigenvalue weighted by molar-refractivity contribution is -0.387. The Kier molecular flexibility index (Phi) is 5.93. The Hall–Kier alpha value is -1.93. The third-order valence-corrected chi connectivity index (χ3v) is 6.68. The quantitative estimate of drug-likeness (QED) is 0.534. The number of aromatic nitrogens is 1. The molecule has 1 saturated heterocycles. The lowest BCUT2D eigenvalue weighted by Crippen LogP contribution is -2.43. The van der Waals surface area contributed by atoms with Gasteiger partial charge in [0.05, 0.1) is 9.82 Å². The zero-order chi connectivity index (χ0) is 18.7. The molecule has 0 aliphatic carbocycles. The smallest absolute Gasteiger partial charge is 0.284 e. The number of amides is 1. The van der Waals surface area contributed by atoms with Crippen molar-refractivity contribution in [2.24, 2.45) is 0 Å². The van der Waals surface area contributed by atoms with Gasteiger partial charge in [0, 0.05) is 35.3 Å². The number of hydrogen-bond acceptors (Lipinski definition) is 6. The second-order valence-electron chi connectivity index (χ2n) is 6.35. The van der Waals surface area contributed by atoms with Gasteiger partial charge in [-0.3, -0.25) is 14.9 Å². The van der Waals surface area contributed by atoms with E-state index in [0.29, 0.717) is 10.5 Å². The molecule has 0 radical (unpaired) electrons. The molecule has 1 unspecified atom stereocenters. The number of carbonyl (C=O) groups excluding carboxylic acids is 1. The first kappa shape index (κ1) is 18.8. The van der Waals surface area contributed by atoms with Gasteiger partial charge in [0.25, 0.3) is 11.6 Å². The van der Waals surface area contributed by atoms with Crippen LogP contribution in [0.3, 0.4) is 0 Å². The fourth-order valence-corrected chi connectivity index (χ4v) is 5.09. The van der Waals surface area contributed by atoms with Crippen LogP contribution in [0.1, 0.15) is 48.7 Å². The van der Waals surface area contributed by atoms with Crippen LogP contribution in [0.4, 0.5) is 5.69 Å². The Balaban J connectivity index is 1.88. The largest absolute Gasteiger partial charge is 0.336 e. The molecule has 1 aliphatic rings. The van der Waals surface area contributed by atoms with Crippen molar-refractivity contribution in [3.05, 3.63) is 45.0 Å². The fraction of sp³-hybridized carbons (Fsp3) is 0.444. The highest BCUT2D eigenvalue weighted by atomic mass is 32.2. The van der Waals surface area contributed by atoms with Gasteiger partial charge in [0.15, 0.2) is 4.34 Å². The first-order chi connectivity index (χ1) is 12.5. The van der Waals surface area contributed by atoms with Crippen molar-refractivity contribution < 1.29 is 9.72 Å². The Morgan fingerprint density at radius 3 is 2.92 bits per heavy atom. The van der Waals surface area contributed by atoms with Crippen LogP contribution in [-0.2, 0) is 0 Å². The predicted octanol–water partition coefficient (Wildman–Crippen LogP) is 4.92. The van der Waals surface area contributed by atoms with Crippen LogP contribution in [0.25, 0.3) is 0 Å². The molecule has 1 amide bonds. The zero-order valence-electron chi connectivity index (χ0n) is 14.8. The Morgan fingerprint density at radius 2 is 2.27 bits per heavy atom. The third kappa shape index (κ3) is 4.07. The highest BCUT2D eigenvalue weighted by Crippen LogP contribution is 2.37. The van der Waals surface area contributed by atoms with Crippen molar-refractivity contribution in [2.75, 3.05) is 6.54 Å². The standard InChI is InChI=1S/C18H21N3O3S2/c1-3-14-6-4-5-9-20(14)17(22)13-7-8-16(15(10-13)21(23)24)26-18-19-12(2)11-25-18/h7-8,10-11,14H,3-6,9H2,1-2H3. The number of piperidine rings is 1. The van der Waals surface area contributed by atoms with E-state index in [1.54, 1.807) is 12.1 Å². The molecule has 2 heterocycles. The van der Waals surface area contributed by atoms with Crippen LogP contribution < -0.4 is 0 Å². The van der Waals surface area contributed by atoms with Gasteiger partial charge in [-0.1, -0.05) is 18.7 Å².